The van der Waals surface area contributed by atoms with Crippen molar-refractivity contribution < 1.29 is 9.90 Å². The molecule has 0 aliphatic rings. The van der Waals surface area contributed by atoms with E-state index in [-0.39, 0.29) is 12.5 Å². The van der Waals surface area contributed by atoms with E-state index >= 15 is 0 Å². The molecule has 1 amide bonds. The fraction of sp³-hybridized carbons (Fsp3) is 0.250. The summed E-state index contributed by atoms with van der Waals surface area (Å²) in [5.74, 6) is -0.0857. The smallest absolute Gasteiger partial charge is 0.254 e. The number of benzene rings is 2. The zero-order valence-corrected chi connectivity index (χ0v) is 14.0. The zero-order valence-electron chi connectivity index (χ0n) is 14.0. The number of nitrogens with zero attached hydrogens (tertiary/aromatic N) is 1. The van der Waals surface area contributed by atoms with Crippen molar-refractivity contribution >= 4 is 16.8 Å². The fourth-order valence-electron chi connectivity index (χ4n) is 2.83. The monoisotopic (exact) mass is 322 g/mol. The summed E-state index contributed by atoms with van der Waals surface area (Å²) in [7, 11) is 0. The van der Waals surface area contributed by atoms with Gasteiger partial charge >= 0.3 is 0 Å². The molecule has 24 heavy (non-hydrogen) atoms. The molecule has 0 bridgehead atoms. The summed E-state index contributed by atoms with van der Waals surface area (Å²) >= 11 is 0. The molecule has 2 aromatic carbocycles. The van der Waals surface area contributed by atoms with Gasteiger partial charge < -0.3 is 15.0 Å². The van der Waals surface area contributed by atoms with Gasteiger partial charge in [0.15, 0.2) is 0 Å². The van der Waals surface area contributed by atoms with Crippen LogP contribution in [0.2, 0.25) is 0 Å². The first-order chi connectivity index (χ1) is 11.4. The Morgan fingerprint density at radius 2 is 1.88 bits per heavy atom. The SMILES string of the molecule is CC(C)(O)CN(Cc1ccccc1)C(=O)c1ccc2cc[nH]c2c1. The van der Waals surface area contributed by atoms with Gasteiger partial charge in [-0.15, -0.1) is 0 Å². The number of carbonyl (C=O) groups is 1. The lowest BCUT2D eigenvalue weighted by atomic mass is 10.1. The normalized spacial score (nSPS) is 11.6. The number of hydrogen-bond acceptors (Lipinski definition) is 2. The number of aromatic nitrogens is 1. The number of fused-ring (bicyclic) bond motifs is 1. The first-order valence-electron chi connectivity index (χ1n) is 8.05. The second kappa shape index (κ2) is 6.49. The fourth-order valence-corrected chi connectivity index (χ4v) is 2.83. The van der Waals surface area contributed by atoms with Gasteiger partial charge in [-0.25, -0.2) is 0 Å². The topological polar surface area (TPSA) is 56.3 Å². The number of aliphatic hydroxyl groups is 1. The van der Waals surface area contributed by atoms with Gasteiger partial charge in [0.1, 0.15) is 0 Å². The number of nitrogens with one attached hydrogen (secondary N) is 1. The van der Waals surface area contributed by atoms with E-state index in [0.717, 1.165) is 16.5 Å². The number of H-pyrrole nitrogens is 1. The molecule has 0 aliphatic carbocycles. The average Bonchev–Trinajstić information content (AvgIpc) is 3.01. The maximum atomic E-state index is 13.0. The van der Waals surface area contributed by atoms with Crippen molar-refractivity contribution in [2.24, 2.45) is 0 Å². The van der Waals surface area contributed by atoms with E-state index in [1.165, 1.54) is 0 Å². The Kier molecular flexibility index (Phi) is 4.40. The summed E-state index contributed by atoms with van der Waals surface area (Å²) in [5.41, 5.74) is 1.63. The number of amides is 1. The predicted octanol–water partition coefficient (Wildman–Crippen LogP) is 3.58. The Balaban J connectivity index is 1.89. The van der Waals surface area contributed by atoms with Crippen molar-refractivity contribution in [1.82, 2.24) is 9.88 Å². The molecule has 4 nitrogen and oxygen atoms in total. The lowest BCUT2D eigenvalue weighted by molar-refractivity contribution is 0.0280. The van der Waals surface area contributed by atoms with Crippen molar-refractivity contribution in [3.8, 4) is 0 Å². The molecule has 0 saturated carbocycles. The highest BCUT2D eigenvalue weighted by Gasteiger charge is 2.24. The van der Waals surface area contributed by atoms with Gasteiger partial charge in [-0.1, -0.05) is 36.4 Å². The molecule has 0 spiro atoms. The molecule has 4 heteroatoms. The molecule has 0 saturated heterocycles. The van der Waals surface area contributed by atoms with E-state index in [2.05, 4.69) is 4.98 Å². The third kappa shape index (κ3) is 3.84. The molecule has 124 valence electrons. The van der Waals surface area contributed by atoms with Crippen molar-refractivity contribution in [2.75, 3.05) is 6.54 Å². The third-order valence-electron chi connectivity index (χ3n) is 3.88. The Bertz CT molecular complexity index is 831. The van der Waals surface area contributed by atoms with Crippen LogP contribution in [0.3, 0.4) is 0 Å². The van der Waals surface area contributed by atoms with Gasteiger partial charge in [0.05, 0.1) is 5.60 Å². The van der Waals surface area contributed by atoms with E-state index in [0.29, 0.717) is 12.1 Å². The van der Waals surface area contributed by atoms with Crippen LogP contribution in [0.4, 0.5) is 0 Å². The van der Waals surface area contributed by atoms with Crippen molar-refractivity contribution in [3.05, 3.63) is 71.9 Å². The summed E-state index contributed by atoms with van der Waals surface area (Å²) in [6, 6.07) is 17.4. The molecule has 2 N–H and O–H groups in total. The van der Waals surface area contributed by atoms with Crippen LogP contribution < -0.4 is 0 Å². The highest BCUT2D eigenvalue weighted by molar-refractivity contribution is 5.98. The molecular formula is C20H22N2O2. The average molecular weight is 322 g/mol. The maximum absolute atomic E-state index is 13.0. The van der Waals surface area contributed by atoms with Crippen LogP contribution in [-0.4, -0.2) is 33.0 Å². The Morgan fingerprint density at radius 1 is 1.12 bits per heavy atom. The van der Waals surface area contributed by atoms with Gasteiger partial charge in [0.25, 0.3) is 5.91 Å². The van der Waals surface area contributed by atoms with Gasteiger partial charge in [-0.2, -0.15) is 0 Å². The van der Waals surface area contributed by atoms with Crippen LogP contribution in [0.1, 0.15) is 29.8 Å². The zero-order chi connectivity index (χ0) is 17.2. The van der Waals surface area contributed by atoms with E-state index < -0.39 is 5.60 Å². The number of carbonyl (C=O) groups excluding carboxylic acids is 1. The van der Waals surface area contributed by atoms with E-state index in [1.54, 1.807) is 18.7 Å². The summed E-state index contributed by atoms with van der Waals surface area (Å²) in [6.07, 6.45) is 1.86. The van der Waals surface area contributed by atoms with Gasteiger partial charge in [0.2, 0.25) is 0 Å². The molecule has 1 heterocycles. The van der Waals surface area contributed by atoms with Crippen LogP contribution in [0.5, 0.6) is 0 Å². The molecule has 0 fully saturated rings. The first-order valence-corrected chi connectivity index (χ1v) is 8.05. The minimum atomic E-state index is -0.957. The third-order valence-corrected chi connectivity index (χ3v) is 3.88. The molecule has 3 rings (SSSR count). The highest BCUT2D eigenvalue weighted by atomic mass is 16.3. The molecule has 0 aliphatic heterocycles. The maximum Gasteiger partial charge on any atom is 0.254 e. The summed E-state index contributed by atoms with van der Waals surface area (Å²) in [4.78, 5) is 17.8. The van der Waals surface area contributed by atoms with Crippen LogP contribution in [0.15, 0.2) is 60.8 Å². The van der Waals surface area contributed by atoms with Gasteiger partial charge in [-0.05, 0) is 43.0 Å². The molecule has 0 unspecified atom stereocenters. The van der Waals surface area contributed by atoms with E-state index in [1.807, 2.05) is 60.8 Å². The Labute approximate surface area is 141 Å². The number of hydrogen-bond donors (Lipinski definition) is 2. The van der Waals surface area contributed by atoms with Crippen molar-refractivity contribution in [3.63, 3.8) is 0 Å². The Hall–Kier alpha value is -2.59. The van der Waals surface area contributed by atoms with Gasteiger partial charge in [0, 0.05) is 30.4 Å². The largest absolute Gasteiger partial charge is 0.389 e. The lowest BCUT2D eigenvalue weighted by Crippen LogP contribution is -2.41. The number of aromatic amines is 1. The standard InChI is InChI=1S/C20H22N2O2/c1-20(2,24)14-22(13-15-6-4-3-5-7-15)19(23)17-9-8-16-10-11-21-18(16)12-17/h3-12,21,24H,13-14H2,1-2H3. The van der Waals surface area contributed by atoms with Crippen LogP contribution in [0.25, 0.3) is 10.9 Å². The molecule has 1 aromatic heterocycles. The van der Waals surface area contributed by atoms with E-state index in [9.17, 15) is 9.90 Å². The van der Waals surface area contributed by atoms with Crippen LogP contribution in [-0.2, 0) is 6.54 Å². The highest BCUT2D eigenvalue weighted by Crippen LogP contribution is 2.18. The molecular weight excluding hydrogens is 300 g/mol. The van der Waals surface area contributed by atoms with E-state index in [4.69, 9.17) is 0 Å². The predicted molar refractivity (Wildman–Crippen MR) is 95.8 cm³/mol. The summed E-state index contributed by atoms with van der Waals surface area (Å²) < 4.78 is 0. The quantitative estimate of drug-likeness (QED) is 0.754. The molecule has 0 radical (unpaired) electrons. The summed E-state index contributed by atoms with van der Waals surface area (Å²) in [5, 5.41) is 11.3. The molecule has 0 atom stereocenters. The minimum Gasteiger partial charge on any atom is -0.389 e. The Morgan fingerprint density at radius 3 is 2.58 bits per heavy atom. The number of rotatable bonds is 5. The first kappa shape index (κ1) is 16.3. The molecule has 3 aromatic rings. The second-order valence-corrected chi connectivity index (χ2v) is 6.74. The van der Waals surface area contributed by atoms with Crippen molar-refractivity contribution in [1.29, 1.82) is 0 Å². The van der Waals surface area contributed by atoms with Crippen LogP contribution >= 0.6 is 0 Å². The van der Waals surface area contributed by atoms with Gasteiger partial charge in [-0.3, -0.25) is 4.79 Å². The van der Waals surface area contributed by atoms with Crippen LogP contribution in [0, 0.1) is 0 Å². The van der Waals surface area contributed by atoms with Crippen molar-refractivity contribution in [2.45, 2.75) is 26.0 Å². The second-order valence-electron chi connectivity index (χ2n) is 6.74. The summed E-state index contributed by atoms with van der Waals surface area (Å²) in [6.45, 7) is 4.16. The lowest BCUT2D eigenvalue weighted by Gasteiger charge is -2.29. The minimum absolute atomic E-state index is 0.0857.